The van der Waals surface area contributed by atoms with Crippen LogP contribution < -0.4 is 16.0 Å². The Hall–Kier alpha value is -3.71. The van der Waals surface area contributed by atoms with Crippen LogP contribution in [0.25, 0.3) is 0 Å². The van der Waals surface area contributed by atoms with E-state index in [4.69, 9.17) is 22.7 Å². The lowest BCUT2D eigenvalue weighted by Gasteiger charge is -2.24. The minimum atomic E-state index is -3.90. The molecule has 0 unspecified atom stereocenters. The van der Waals surface area contributed by atoms with Gasteiger partial charge in [-0.2, -0.15) is 0 Å². The first-order chi connectivity index (χ1) is 37.3. The molecule has 2 heterocycles. The average Bonchev–Trinajstić information content (AvgIpc) is 3.39. The number of carbonyl (C=O) groups excluding carboxylic acids is 9. The summed E-state index contributed by atoms with van der Waals surface area (Å²) in [6.45, 7) is 6.61. The maximum atomic E-state index is 13.8. The second-order valence-electron chi connectivity index (χ2n) is 21.2. The molecular weight excluding hydrogens is 1020 g/mol. The molecule has 20 heteroatoms. The van der Waals surface area contributed by atoms with Gasteiger partial charge in [0.2, 0.25) is 17.7 Å². The van der Waals surface area contributed by atoms with Crippen molar-refractivity contribution in [2.45, 2.75) is 309 Å². The Bertz CT molecular complexity index is 1710. The number of amides is 3. The maximum absolute atomic E-state index is 13.8. The molecule has 0 radical (unpaired) electrons. The molecule has 77 heavy (non-hydrogen) atoms. The summed E-state index contributed by atoms with van der Waals surface area (Å²) in [4.78, 5) is 118. The van der Waals surface area contributed by atoms with Crippen molar-refractivity contribution >= 4 is 83.8 Å². The zero-order chi connectivity index (χ0) is 56.1. The number of nitrogens with one attached hydrogen (secondary N) is 3. The van der Waals surface area contributed by atoms with Crippen LogP contribution in [0.2, 0.25) is 0 Å². The normalized spacial score (nSPS) is 16.4. The first kappa shape index (κ1) is 69.4. The van der Waals surface area contributed by atoms with Gasteiger partial charge in [-0.15, -0.1) is 0 Å². The van der Waals surface area contributed by atoms with Crippen molar-refractivity contribution in [2.24, 2.45) is 0 Å². The van der Waals surface area contributed by atoms with E-state index in [0.29, 0.717) is 19.3 Å². The van der Waals surface area contributed by atoms with Gasteiger partial charge in [0.25, 0.3) is 35.8 Å². The third-order valence-electron chi connectivity index (χ3n) is 14.1. The average molecular weight is 1120 g/mol. The topological polar surface area (TPSA) is 245 Å². The molecule has 2 fully saturated rings. The molecule has 2 aliphatic rings. The molecule has 0 aliphatic carbocycles. The van der Waals surface area contributed by atoms with Gasteiger partial charge < -0.3 is 38.7 Å². The van der Waals surface area contributed by atoms with Gasteiger partial charge in [0, 0.05) is 38.5 Å². The smallest absolute Gasteiger partial charge is 0.551 e. The van der Waals surface area contributed by atoms with Gasteiger partial charge in [-0.1, -0.05) is 213 Å². The highest BCUT2D eigenvalue weighted by Crippen LogP contribution is 2.18. The first-order valence-electron chi connectivity index (χ1n) is 30.4. The lowest BCUT2D eigenvalue weighted by atomic mass is 10.0. The summed E-state index contributed by atoms with van der Waals surface area (Å²) in [6.07, 6.45) is 35.3. The van der Waals surface area contributed by atoms with Crippen molar-refractivity contribution in [3.63, 3.8) is 0 Å². The molecular formula is C57H99Al2N3O15. The van der Waals surface area contributed by atoms with Gasteiger partial charge >= 0.3 is 30.3 Å². The minimum absolute atomic E-state index is 0.0640. The van der Waals surface area contributed by atoms with Gasteiger partial charge in [-0.25, -0.2) is 0 Å². The number of unbranched alkanes of at least 4 members (excludes halogenated alkanes) is 30. The highest BCUT2D eigenvalue weighted by Gasteiger charge is 2.53. The molecule has 0 aromatic heterocycles. The van der Waals surface area contributed by atoms with Crippen LogP contribution in [0.1, 0.15) is 290 Å². The third-order valence-corrected chi connectivity index (χ3v) is 16.8. The van der Waals surface area contributed by atoms with E-state index in [1.165, 1.54) is 128 Å². The van der Waals surface area contributed by atoms with Gasteiger partial charge in [0.1, 0.15) is 18.1 Å². The Kier molecular flexibility index (Phi) is 41.5. The van der Waals surface area contributed by atoms with E-state index in [1.54, 1.807) is 0 Å². The van der Waals surface area contributed by atoms with Crippen LogP contribution in [0.3, 0.4) is 0 Å². The first-order valence-corrected chi connectivity index (χ1v) is 33.3. The third kappa shape index (κ3) is 37.0. The molecule has 0 aromatic carbocycles. The summed E-state index contributed by atoms with van der Waals surface area (Å²) in [7, 11) is 0. The number of rotatable bonds is 45. The van der Waals surface area contributed by atoms with Gasteiger partial charge in [-0.3, -0.25) is 43.2 Å². The van der Waals surface area contributed by atoms with Crippen molar-refractivity contribution in [3.8, 4) is 0 Å². The van der Waals surface area contributed by atoms with Gasteiger partial charge in [-0.05, 0) is 38.5 Å². The van der Waals surface area contributed by atoms with Crippen LogP contribution in [0.15, 0.2) is 0 Å². The van der Waals surface area contributed by atoms with Gasteiger partial charge in [0.05, 0.1) is 0 Å². The Morgan fingerprint density at radius 2 is 0.740 bits per heavy atom. The fourth-order valence-electron chi connectivity index (χ4n) is 9.36. The van der Waals surface area contributed by atoms with Crippen LogP contribution in [0, 0.1) is 0 Å². The predicted molar refractivity (Wildman–Crippen MR) is 295 cm³/mol. The quantitative estimate of drug-likeness (QED) is 0.0379. The van der Waals surface area contributed by atoms with Crippen LogP contribution in [0.4, 0.5) is 0 Å². The van der Waals surface area contributed by atoms with E-state index in [1.807, 2.05) is 0 Å². The van der Waals surface area contributed by atoms with E-state index in [9.17, 15) is 43.2 Å². The molecule has 2 saturated heterocycles. The molecule has 0 bridgehead atoms. The standard InChI is InChI=1S/3C19H35NO5.2Al/c3*1-2-3-4-5-6-7-8-9-10-11-12-13-17(21)20-16(19(24)25)14-15-18(22)23;;/h3*16H,2-15H2,1H3,(H,20,21)(H,22,23)(H,24,25);;/q;;;2*+3/p-6/t3*16-;;/m100../s1. The summed E-state index contributed by atoms with van der Waals surface area (Å²) >= 11 is -7.70. The highest BCUT2D eigenvalue weighted by atomic mass is 27.3. The monoisotopic (exact) mass is 1120 g/mol. The number of hydrogen-bond acceptors (Lipinski definition) is 15. The van der Waals surface area contributed by atoms with E-state index in [2.05, 4.69) is 36.7 Å². The Morgan fingerprint density at radius 1 is 0.429 bits per heavy atom. The largest absolute Gasteiger partial charge is 1.20 e. The van der Waals surface area contributed by atoms with Crippen LogP contribution in [-0.2, 0) is 65.9 Å². The van der Waals surface area contributed by atoms with Crippen LogP contribution in [-0.4, -0.2) is 102 Å². The lowest BCUT2D eigenvalue weighted by molar-refractivity contribution is -0.154. The minimum Gasteiger partial charge on any atom is -0.551 e. The molecule has 3 amide bonds. The van der Waals surface area contributed by atoms with Crippen molar-refractivity contribution in [2.75, 3.05) is 0 Å². The Balaban J connectivity index is 1.96. The van der Waals surface area contributed by atoms with Crippen LogP contribution in [0.5, 0.6) is 0 Å². The van der Waals surface area contributed by atoms with Crippen molar-refractivity contribution < 1.29 is 65.9 Å². The lowest BCUT2D eigenvalue weighted by Crippen LogP contribution is -2.50. The summed E-state index contributed by atoms with van der Waals surface area (Å²) in [6, 6.07) is -3.85. The van der Waals surface area contributed by atoms with Crippen molar-refractivity contribution in [3.05, 3.63) is 0 Å². The molecule has 2 aliphatic heterocycles. The molecule has 0 spiro atoms. The second-order valence-corrected chi connectivity index (χ2v) is 23.8. The van der Waals surface area contributed by atoms with E-state index in [0.717, 1.165) is 64.2 Å². The maximum Gasteiger partial charge on any atom is 1.20 e. The fourth-order valence-corrected chi connectivity index (χ4v) is 11.7. The Morgan fingerprint density at radius 3 is 1.09 bits per heavy atom. The van der Waals surface area contributed by atoms with E-state index < -0.39 is 103 Å². The molecule has 3 atom stereocenters. The molecule has 3 N–H and O–H groups in total. The number of hydrogen-bond donors (Lipinski definition) is 3. The molecule has 0 saturated carbocycles. The van der Waals surface area contributed by atoms with E-state index in [-0.39, 0.29) is 56.8 Å². The fraction of sp³-hybridized carbons (Fsp3) is 0.842. The summed E-state index contributed by atoms with van der Waals surface area (Å²) in [5.74, 6) is -6.87. The summed E-state index contributed by atoms with van der Waals surface area (Å²) < 4.78 is 32.0. The Labute approximate surface area is 471 Å². The second kappa shape index (κ2) is 46.1. The zero-order valence-corrected chi connectivity index (χ0v) is 50.0. The van der Waals surface area contributed by atoms with E-state index >= 15 is 0 Å². The van der Waals surface area contributed by atoms with Crippen molar-refractivity contribution in [1.29, 1.82) is 0 Å². The summed E-state index contributed by atoms with van der Waals surface area (Å²) in [5, 5.41) is 7.88. The zero-order valence-electron chi connectivity index (χ0n) is 47.7. The van der Waals surface area contributed by atoms with Crippen LogP contribution >= 0.6 is 0 Å². The summed E-state index contributed by atoms with van der Waals surface area (Å²) in [5.41, 5.74) is 0. The predicted octanol–water partition coefficient (Wildman–Crippen LogP) is 11.1. The molecule has 18 nitrogen and oxygen atoms in total. The molecule has 438 valence electrons. The van der Waals surface area contributed by atoms with Gasteiger partial charge in [0.15, 0.2) is 0 Å². The van der Waals surface area contributed by atoms with Crippen molar-refractivity contribution in [1.82, 2.24) is 16.0 Å². The SMILES string of the molecule is CCCCCCCCCCCCCC(=O)N[C@H]1CCC(=O)[O][Al]([O]C(=O)CC[C@H](NC(=O)CCCCCCCCCCCCC)C(=O)[O][Al]2[O]C(=O)CC[C@@H](NC(=O)CCCCCCCCCCCCC)C(=O)[O]2)[O]C1=O. The highest BCUT2D eigenvalue weighted by molar-refractivity contribution is 6.45. The number of carbonyl (C=O) groups is 9. The molecule has 0 aromatic rings. The molecule has 2 rings (SSSR count).